The summed E-state index contributed by atoms with van der Waals surface area (Å²) in [7, 11) is 3.47. The molecule has 24 heavy (non-hydrogen) atoms. The normalized spacial score (nSPS) is 17.8. The first kappa shape index (κ1) is 16.2. The van der Waals surface area contributed by atoms with E-state index in [0.717, 1.165) is 25.0 Å². The number of rotatable bonds is 4. The Bertz CT molecular complexity index is 722. The maximum absolute atomic E-state index is 12.7. The lowest BCUT2D eigenvalue weighted by atomic mass is 9.99. The summed E-state index contributed by atoms with van der Waals surface area (Å²) in [5.74, 6) is -0.152. The Kier molecular flexibility index (Phi) is 4.59. The van der Waals surface area contributed by atoms with Crippen molar-refractivity contribution in [2.75, 3.05) is 13.6 Å². The van der Waals surface area contributed by atoms with E-state index in [-0.39, 0.29) is 24.4 Å². The lowest BCUT2D eigenvalue weighted by Gasteiger charge is -2.36. The van der Waals surface area contributed by atoms with Crippen LogP contribution >= 0.6 is 0 Å². The Hall–Kier alpha value is -2.71. The third-order valence-electron chi connectivity index (χ3n) is 4.47. The van der Waals surface area contributed by atoms with Gasteiger partial charge in [0.1, 0.15) is 18.6 Å². The maximum atomic E-state index is 12.7. The van der Waals surface area contributed by atoms with E-state index in [1.807, 2.05) is 22.6 Å². The van der Waals surface area contributed by atoms with Gasteiger partial charge in [-0.15, -0.1) is 5.10 Å². The molecule has 2 aromatic heterocycles. The first-order valence-corrected chi connectivity index (χ1v) is 7.99. The third-order valence-corrected chi connectivity index (χ3v) is 4.47. The number of carbonyl (C=O) groups is 2. The van der Waals surface area contributed by atoms with Gasteiger partial charge in [-0.1, -0.05) is 0 Å². The molecule has 1 aliphatic heterocycles. The van der Waals surface area contributed by atoms with Gasteiger partial charge in [0.15, 0.2) is 0 Å². The van der Waals surface area contributed by atoms with Crippen LogP contribution in [-0.4, -0.2) is 55.1 Å². The largest absolute Gasteiger partial charge is 0.354 e. The zero-order chi connectivity index (χ0) is 17.1. The van der Waals surface area contributed by atoms with Crippen LogP contribution in [0.5, 0.6) is 0 Å². The molecule has 1 aliphatic rings. The molecular weight excluding hydrogens is 310 g/mol. The second-order valence-corrected chi connectivity index (χ2v) is 5.89. The highest BCUT2D eigenvalue weighted by Crippen LogP contribution is 2.32. The first-order chi connectivity index (χ1) is 11.6. The summed E-state index contributed by atoms with van der Waals surface area (Å²) in [5.41, 5.74) is 1.56. The predicted octanol–water partition coefficient (Wildman–Crippen LogP) is 0.125. The highest BCUT2D eigenvalue weighted by Gasteiger charge is 2.30. The van der Waals surface area contributed by atoms with Crippen molar-refractivity contribution in [3.63, 3.8) is 0 Å². The lowest BCUT2D eigenvalue weighted by Crippen LogP contribution is -2.41. The van der Waals surface area contributed by atoms with Gasteiger partial charge < -0.3 is 14.8 Å². The molecule has 0 radical (unpaired) electrons. The summed E-state index contributed by atoms with van der Waals surface area (Å²) >= 11 is 0. The van der Waals surface area contributed by atoms with E-state index in [9.17, 15) is 9.59 Å². The van der Waals surface area contributed by atoms with Gasteiger partial charge in [0.2, 0.25) is 5.91 Å². The van der Waals surface area contributed by atoms with Gasteiger partial charge in [0, 0.05) is 26.3 Å². The molecule has 2 amide bonds. The Morgan fingerprint density at radius 2 is 2.17 bits per heavy atom. The smallest absolute Gasteiger partial charge is 0.267 e. The number of likely N-dealkylation sites (tertiary alicyclic amines) is 1. The molecule has 0 saturated carbocycles. The van der Waals surface area contributed by atoms with Crippen LogP contribution < -0.4 is 5.32 Å². The van der Waals surface area contributed by atoms with E-state index in [1.165, 1.54) is 11.0 Å². The molecule has 0 aromatic carbocycles. The molecule has 9 nitrogen and oxygen atoms in total. The molecule has 3 heterocycles. The minimum Gasteiger partial charge on any atom is -0.354 e. The van der Waals surface area contributed by atoms with Crippen LogP contribution in [0.1, 0.15) is 41.5 Å². The van der Waals surface area contributed by atoms with Crippen LogP contribution in [-0.2, 0) is 18.4 Å². The summed E-state index contributed by atoms with van der Waals surface area (Å²) in [5, 5.41) is 13.5. The zero-order valence-electron chi connectivity index (χ0n) is 13.8. The summed E-state index contributed by atoms with van der Waals surface area (Å²) in [6.45, 7) is 0.822. The van der Waals surface area contributed by atoms with Crippen molar-refractivity contribution in [1.82, 2.24) is 35.0 Å². The number of hydrogen-bond acceptors (Lipinski definition) is 5. The maximum Gasteiger partial charge on any atom is 0.267 e. The Morgan fingerprint density at radius 1 is 1.33 bits per heavy atom. The van der Waals surface area contributed by atoms with Crippen LogP contribution in [0.4, 0.5) is 0 Å². The van der Waals surface area contributed by atoms with E-state index < -0.39 is 0 Å². The van der Waals surface area contributed by atoms with E-state index in [2.05, 4.69) is 20.8 Å². The molecular formula is C15H21N7O2. The second-order valence-electron chi connectivity index (χ2n) is 5.89. The fourth-order valence-electron chi connectivity index (χ4n) is 3.24. The summed E-state index contributed by atoms with van der Waals surface area (Å²) in [4.78, 5) is 26.5. The molecule has 2 aromatic rings. The molecule has 3 rings (SSSR count). The molecule has 0 bridgehead atoms. The fourth-order valence-corrected chi connectivity index (χ4v) is 3.24. The number of piperidine rings is 1. The highest BCUT2D eigenvalue weighted by atomic mass is 16.2. The van der Waals surface area contributed by atoms with Gasteiger partial charge in [-0.2, -0.15) is 0 Å². The average Bonchev–Trinajstić information content (AvgIpc) is 3.23. The number of hydrogen-bond donors (Lipinski definition) is 1. The molecule has 1 N–H and O–H groups in total. The highest BCUT2D eigenvalue weighted by molar-refractivity contribution is 5.92. The van der Waals surface area contributed by atoms with E-state index >= 15 is 0 Å². The van der Waals surface area contributed by atoms with Crippen LogP contribution in [0.15, 0.2) is 18.5 Å². The fraction of sp³-hybridized carbons (Fsp3) is 0.533. The van der Waals surface area contributed by atoms with Crippen LogP contribution in [0.25, 0.3) is 0 Å². The number of nitrogens with one attached hydrogen (secondary N) is 1. The van der Waals surface area contributed by atoms with Crippen molar-refractivity contribution in [3.8, 4) is 0 Å². The van der Waals surface area contributed by atoms with Gasteiger partial charge in [-0.25, -0.2) is 4.68 Å². The number of carbonyl (C=O) groups excluding carboxylic acids is 2. The standard InChI is InChI=1S/C15H21N7O2/c1-16-15(24)13-7-6-11(20(13)2)12-5-3-4-8-22(12)14(23)9-21-10-17-18-19-21/h6-7,10,12H,3-5,8-9H2,1-2H3,(H,16,24). The van der Waals surface area contributed by atoms with Gasteiger partial charge in [-0.05, 0) is 41.8 Å². The van der Waals surface area contributed by atoms with Crippen molar-refractivity contribution in [1.29, 1.82) is 0 Å². The molecule has 128 valence electrons. The molecule has 1 saturated heterocycles. The van der Waals surface area contributed by atoms with Gasteiger partial charge in [0.25, 0.3) is 5.91 Å². The lowest BCUT2D eigenvalue weighted by molar-refractivity contribution is -0.136. The molecule has 1 atom stereocenters. The monoisotopic (exact) mass is 331 g/mol. The van der Waals surface area contributed by atoms with Crippen LogP contribution in [0.2, 0.25) is 0 Å². The van der Waals surface area contributed by atoms with Gasteiger partial charge in [-0.3, -0.25) is 9.59 Å². The number of amides is 2. The number of aromatic nitrogens is 5. The molecule has 9 heteroatoms. The zero-order valence-corrected chi connectivity index (χ0v) is 13.8. The van der Waals surface area contributed by atoms with Crippen molar-refractivity contribution < 1.29 is 9.59 Å². The molecule has 1 fully saturated rings. The number of nitrogens with zero attached hydrogens (tertiary/aromatic N) is 6. The van der Waals surface area contributed by atoms with Crippen molar-refractivity contribution in [2.24, 2.45) is 7.05 Å². The number of tetrazole rings is 1. The Labute approximate surface area is 139 Å². The van der Waals surface area contributed by atoms with E-state index in [4.69, 9.17) is 0 Å². The van der Waals surface area contributed by atoms with Crippen molar-refractivity contribution >= 4 is 11.8 Å². The van der Waals surface area contributed by atoms with E-state index in [0.29, 0.717) is 12.2 Å². The average molecular weight is 331 g/mol. The quantitative estimate of drug-likeness (QED) is 0.858. The Balaban J connectivity index is 1.83. The summed E-state index contributed by atoms with van der Waals surface area (Å²) < 4.78 is 3.29. The molecule has 1 unspecified atom stereocenters. The Morgan fingerprint density at radius 3 is 2.88 bits per heavy atom. The topological polar surface area (TPSA) is 97.9 Å². The van der Waals surface area contributed by atoms with E-state index in [1.54, 1.807) is 13.1 Å². The summed E-state index contributed by atoms with van der Waals surface area (Å²) in [6.07, 6.45) is 4.35. The molecule has 0 spiro atoms. The third kappa shape index (κ3) is 3.01. The van der Waals surface area contributed by atoms with Crippen molar-refractivity contribution in [2.45, 2.75) is 31.8 Å². The van der Waals surface area contributed by atoms with Crippen LogP contribution in [0.3, 0.4) is 0 Å². The van der Waals surface area contributed by atoms with Crippen LogP contribution in [0, 0.1) is 0 Å². The predicted molar refractivity (Wildman–Crippen MR) is 84.9 cm³/mol. The van der Waals surface area contributed by atoms with Crippen molar-refractivity contribution in [3.05, 3.63) is 29.8 Å². The first-order valence-electron chi connectivity index (χ1n) is 7.99. The minimum atomic E-state index is -0.133. The van der Waals surface area contributed by atoms with Gasteiger partial charge >= 0.3 is 0 Å². The second kappa shape index (κ2) is 6.81. The van der Waals surface area contributed by atoms with Gasteiger partial charge in [0.05, 0.1) is 6.04 Å². The SMILES string of the molecule is CNC(=O)c1ccc(C2CCCCN2C(=O)Cn2cnnn2)n1C. The molecule has 0 aliphatic carbocycles. The minimum absolute atomic E-state index is 0.0188. The summed E-state index contributed by atoms with van der Waals surface area (Å²) in [6, 6.07) is 3.69.